The second-order valence-electron chi connectivity index (χ2n) is 5.34. The van der Waals surface area contributed by atoms with Crippen molar-refractivity contribution >= 4 is 29.3 Å². The first kappa shape index (κ1) is 17.4. The third kappa shape index (κ3) is 4.58. The summed E-state index contributed by atoms with van der Waals surface area (Å²) in [6.07, 6.45) is 0. The number of carbonyl (C=O) groups excluding carboxylic acids is 1. The van der Waals surface area contributed by atoms with Crippen LogP contribution in [0.4, 0.5) is 0 Å². The van der Waals surface area contributed by atoms with Crippen molar-refractivity contribution in [3.63, 3.8) is 0 Å². The van der Waals surface area contributed by atoms with Crippen LogP contribution in [0.1, 0.15) is 18.5 Å². The van der Waals surface area contributed by atoms with Crippen LogP contribution >= 0.6 is 23.4 Å². The SMILES string of the molecule is CC(NC(=O)CSc1nnnn1-c1ccccc1)c1ccc(Cl)cc1. The normalized spacial score (nSPS) is 11.9. The van der Waals surface area contributed by atoms with E-state index < -0.39 is 0 Å². The Balaban J connectivity index is 1.58. The lowest BCUT2D eigenvalue weighted by atomic mass is 10.1. The molecular formula is C17H16ClN5OS. The highest BCUT2D eigenvalue weighted by molar-refractivity contribution is 7.99. The summed E-state index contributed by atoms with van der Waals surface area (Å²) in [7, 11) is 0. The van der Waals surface area contributed by atoms with Crippen LogP contribution in [-0.2, 0) is 4.79 Å². The summed E-state index contributed by atoms with van der Waals surface area (Å²) < 4.78 is 1.61. The van der Waals surface area contributed by atoms with Crippen LogP contribution < -0.4 is 5.32 Å². The molecule has 0 saturated carbocycles. The summed E-state index contributed by atoms with van der Waals surface area (Å²) in [4.78, 5) is 12.2. The Morgan fingerprint density at radius 1 is 1.20 bits per heavy atom. The van der Waals surface area contributed by atoms with Crippen LogP contribution in [0.5, 0.6) is 0 Å². The summed E-state index contributed by atoms with van der Waals surface area (Å²) >= 11 is 7.17. The number of thioether (sulfide) groups is 1. The van der Waals surface area contributed by atoms with Gasteiger partial charge in [-0.2, -0.15) is 4.68 Å². The molecule has 1 N–H and O–H groups in total. The van der Waals surface area contributed by atoms with E-state index in [0.29, 0.717) is 10.2 Å². The molecule has 0 saturated heterocycles. The first-order chi connectivity index (χ1) is 12.1. The first-order valence-corrected chi connectivity index (χ1v) is 9.01. The number of halogens is 1. The molecule has 0 radical (unpaired) electrons. The van der Waals surface area contributed by atoms with E-state index in [1.165, 1.54) is 11.8 Å². The maximum absolute atomic E-state index is 12.2. The minimum absolute atomic E-state index is 0.0879. The van der Waals surface area contributed by atoms with Crippen molar-refractivity contribution in [3.05, 3.63) is 65.2 Å². The summed E-state index contributed by atoms with van der Waals surface area (Å²) in [5.41, 5.74) is 1.85. The molecule has 8 heteroatoms. The fourth-order valence-electron chi connectivity index (χ4n) is 2.25. The highest BCUT2D eigenvalue weighted by atomic mass is 35.5. The summed E-state index contributed by atoms with van der Waals surface area (Å²) in [6.45, 7) is 1.93. The molecule has 0 aliphatic heterocycles. The van der Waals surface area contributed by atoms with Crippen LogP contribution in [0, 0.1) is 0 Å². The van der Waals surface area contributed by atoms with Gasteiger partial charge in [0.15, 0.2) is 0 Å². The van der Waals surface area contributed by atoms with Gasteiger partial charge in [-0.3, -0.25) is 4.79 Å². The molecule has 1 amide bonds. The molecular weight excluding hydrogens is 358 g/mol. The third-order valence-electron chi connectivity index (χ3n) is 3.52. The number of hydrogen-bond acceptors (Lipinski definition) is 5. The number of carbonyl (C=O) groups is 1. The highest BCUT2D eigenvalue weighted by Crippen LogP contribution is 2.19. The van der Waals surface area contributed by atoms with E-state index in [1.54, 1.807) is 4.68 Å². The molecule has 0 aliphatic rings. The smallest absolute Gasteiger partial charge is 0.230 e. The quantitative estimate of drug-likeness (QED) is 0.671. The molecule has 0 fully saturated rings. The van der Waals surface area contributed by atoms with Gasteiger partial charge in [-0.1, -0.05) is 53.7 Å². The van der Waals surface area contributed by atoms with Crippen molar-refractivity contribution < 1.29 is 4.79 Å². The number of nitrogens with one attached hydrogen (secondary N) is 1. The molecule has 1 unspecified atom stereocenters. The van der Waals surface area contributed by atoms with E-state index in [0.717, 1.165) is 11.3 Å². The summed E-state index contributed by atoms with van der Waals surface area (Å²) in [6, 6.07) is 16.9. The zero-order chi connectivity index (χ0) is 17.6. The molecule has 3 rings (SSSR count). The van der Waals surface area contributed by atoms with Crippen LogP contribution in [0.3, 0.4) is 0 Å². The van der Waals surface area contributed by atoms with Gasteiger partial charge in [0.2, 0.25) is 11.1 Å². The van der Waals surface area contributed by atoms with Crippen LogP contribution in [0.15, 0.2) is 59.8 Å². The molecule has 1 aromatic heterocycles. The number of aromatic nitrogens is 4. The Bertz CT molecular complexity index is 838. The third-order valence-corrected chi connectivity index (χ3v) is 4.69. The number of benzene rings is 2. The maximum Gasteiger partial charge on any atom is 0.230 e. The van der Waals surface area contributed by atoms with Crippen molar-refractivity contribution in [3.8, 4) is 5.69 Å². The van der Waals surface area contributed by atoms with E-state index in [-0.39, 0.29) is 17.7 Å². The lowest BCUT2D eigenvalue weighted by molar-refractivity contribution is -0.119. The van der Waals surface area contributed by atoms with E-state index in [2.05, 4.69) is 20.8 Å². The zero-order valence-corrected chi connectivity index (χ0v) is 15.0. The predicted octanol–water partition coefficient (Wildman–Crippen LogP) is 3.29. The van der Waals surface area contributed by atoms with Crippen molar-refractivity contribution in [2.45, 2.75) is 18.1 Å². The average Bonchev–Trinajstić information content (AvgIpc) is 3.10. The van der Waals surface area contributed by atoms with Crippen LogP contribution in [0.25, 0.3) is 5.69 Å². The number of nitrogens with zero attached hydrogens (tertiary/aromatic N) is 4. The minimum Gasteiger partial charge on any atom is -0.349 e. The molecule has 25 heavy (non-hydrogen) atoms. The Labute approximate surface area is 154 Å². The van der Waals surface area contributed by atoms with Gasteiger partial charge in [-0.05, 0) is 47.2 Å². The standard InChI is InChI=1S/C17H16ClN5OS/c1-12(13-7-9-14(18)10-8-13)19-16(24)11-25-17-20-21-22-23(17)15-5-3-2-4-6-15/h2-10,12H,11H2,1H3,(H,19,24). The van der Waals surface area contributed by atoms with Crippen LogP contribution in [-0.4, -0.2) is 31.9 Å². The Morgan fingerprint density at radius 3 is 2.64 bits per heavy atom. The fourth-order valence-corrected chi connectivity index (χ4v) is 3.08. The van der Waals surface area contributed by atoms with Gasteiger partial charge in [0.1, 0.15) is 0 Å². The van der Waals surface area contributed by atoms with Gasteiger partial charge in [0.25, 0.3) is 0 Å². The van der Waals surface area contributed by atoms with Gasteiger partial charge in [-0.25, -0.2) is 0 Å². The molecule has 0 aliphatic carbocycles. The summed E-state index contributed by atoms with van der Waals surface area (Å²) in [5.74, 6) is 0.139. The lowest BCUT2D eigenvalue weighted by Crippen LogP contribution is -2.28. The van der Waals surface area contributed by atoms with E-state index in [9.17, 15) is 4.79 Å². The van der Waals surface area contributed by atoms with Gasteiger partial charge in [0, 0.05) is 5.02 Å². The van der Waals surface area contributed by atoms with Gasteiger partial charge in [-0.15, -0.1) is 5.10 Å². The monoisotopic (exact) mass is 373 g/mol. The molecule has 3 aromatic rings. The van der Waals surface area contributed by atoms with Gasteiger partial charge >= 0.3 is 0 Å². The number of rotatable bonds is 6. The Morgan fingerprint density at radius 2 is 1.92 bits per heavy atom. The molecule has 0 spiro atoms. The van der Waals surface area contributed by atoms with E-state index in [4.69, 9.17) is 11.6 Å². The maximum atomic E-state index is 12.2. The second kappa shape index (κ2) is 8.13. The number of hydrogen-bond donors (Lipinski definition) is 1. The average molecular weight is 374 g/mol. The number of para-hydroxylation sites is 1. The second-order valence-corrected chi connectivity index (χ2v) is 6.72. The Hall–Kier alpha value is -2.38. The highest BCUT2D eigenvalue weighted by Gasteiger charge is 2.13. The first-order valence-electron chi connectivity index (χ1n) is 7.65. The van der Waals surface area contributed by atoms with E-state index >= 15 is 0 Å². The van der Waals surface area contributed by atoms with Gasteiger partial charge in [0.05, 0.1) is 17.5 Å². The molecule has 1 atom stereocenters. The molecule has 1 heterocycles. The van der Waals surface area contributed by atoms with Crippen molar-refractivity contribution in [1.82, 2.24) is 25.5 Å². The van der Waals surface area contributed by atoms with E-state index in [1.807, 2.05) is 61.5 Å². The predicted molar refractivity (Wildman–Crippen MR) is 97.9 cm³/mol. The molecule has 0 bridgehead atoms. The van der Waals surface area contributed by atoms with Gasteiger partial charge < -0.3 is 5.32 Å². The number of tetrazole rings is 1. The Kier molecular flexibility index (Phi) is 5.67. The molecule has 6 nitrogen and oxygen atoms in total. The van der Waals surface area contributed by atoms with Crippen LogP contribution in [0.2, 0.25) is 5.02 Å². The largest absolute Gasteiger partial charge is 0.349 e. The number of amides is 1. The minimum atomic E-state index is -0.101. The fraction of sp³-hybridized carbons (Fsp3) is 0.176. The van der Waals surface area contributed by atoms with Crippen molar-refractivity contribution in [1.29, 1.82) is 0 Å². The topological polar surface area (TPSA) is 72.7 Å². The lowest BCUT2D eigenvalue weighted by Gasteiger charge is -2.14. The molecule has 2 aromatic carbocycles. The summed E-state index contributed by atoms with van der Waals surface area (Å²) in [5, 5.41) is 15.8. The molecule has 128 valence electrons. The van der Waals surface area contributed by atoms with Crippen molar-refractivity contribution in [2.24, 2.45) is 0 Å². The zero-order valence-electron chi connectivity index (χ0n) is 13.5. The van der Waals surface area contributed by atoms with Crippen molar-refractivity contribution in [2.75, 3.05) is 5.75 Å².